The van der Waals surface area contributed by atoms with Gasteiger partial charge in [-0.05, 0) is 11.6 Å². The number of anilines is 1. The topological polar surface area (TPSA) is 78.5 Å². The van der Waals surface area contributed by atoms with Crippen LogP contribution in [0.25, 0.3) is 33.3 Å². The number of H-pyrrole nitrogens is 1. The van der Waals surface area contributed by atoms with Crippen LogP contribution >= 0.6 is 0 Å². The van der Waals surface area contributed by atoms with E-state index in [0.717, 1.165) is 12.1 Å². The molecule has 0 aliphatic heterocycles. The van der Waals surface area contributed by atoms with Crippen molar-refractivity contribution in [2.24, 2.45) is 0 Å². The summed E-state index contributed by atoms with van der Waals surface area (Å²) in [6.45, 7) is 0. The van der Waals surface area contributed by atoms with E-state index in [1.807, 2.05) is 6.07 Å². The SMILES string of the molecule is N#Cc1c(-c2c[nH]c3c(F)cc(F)cc23)nc(N)c(F)c1-c1ccccc1. The Hall–Kier alpha value is -3.79. The van der Waals surface area contributed by atoms with E-state index in [9.17, 15) is 18.4 Å². The zero-order chi connectivity index (χ0) is 19.1. The van der Waals surface area contributed by atoms with Gasteiger partial charge in [0.15, 0.2) is 11.6 Å². The highest BCUT2D eigenvalue weighted by Crippen LogP contribution is 2.38. The predicted molar refractivity (Wildman–Crippen MR) is 96.0 cm³/mol. The van der Waals surface area contributed by atoms with Gasteiger partial charge in [0, 0.05) is 28.8 Å². The summed E-state index contributed by atoms with van der Waals surface area (Å²) < 4.78 is 42.5. The third-order valence-corrected chi connectivity index (χ3v) is 4.30. The van der Waals surface area contributed by atoms with Crippen molar-refractivity contribution in [3.63, 3.8) is 0 Å². The maximum atomic E-state index is 14.7. The normalized spacial score (nSPS) is 10.9. The maximum absolute atomic E-state index is 14.7. The molecule has 0 saturated carbocycles. The molecule has 0 atom stereocenters. The zero-order valence-electron chi connectivity index (χ0n) is 13.7. The Bertz CT molecular complexity index is 1220. The van der Waals surface area contributed by atoms with Gasteiger partial charge in [-0.15, -0.1) is 0 Å². The molecule has 0 fully saturated rings. The minimum absolute atomic E-state index is 0.00757. The van der Waals surface area contributed by atoms with Crippen LogP contribution in [-0.2, 0) is 0 Å². The minimum Gasteiger partial charge on any atom is -0.381 e. The molecule has 0 amide bonds. The summed E-state index contributed by atoms with van der Waals surface area (Å²) in [6, 6.07) is 12.2. The van der Waals surface area contributed by atoms with Gasteiger partial charge in [-0.2, -0.15) is 5.26 Å². The second kappa shape index (κ2) is 6.18. The molecule has 0 unspecified atom stereocenters. The highest BCUT2D eigenvalue weighted by atomic mass is 19.1. The van der Waals surface area contributed by atoms with E-state index < -0.39 is 23.3 Å². The number of nitriles is 1. The Morgan fingerprint density at radius 1 is 1.07 bits per heavy atom. The molecule has 0 aliphatic rings. The average molecular weight is 364 g/mol. The molecule has 0 saturated heterocycles. The fraction of sp³-hybridized carbons (Fsp3) is 0. The van der Waals surface area contributed by atoms with E-state index in [2.05, 4.69) is 9.97 Å². The van der Waals surface area contributed by atoms with Crippen molar-refractivity contribution >= 4 is 16.7 Å². The van der Waals surface area contributed by atoms with Gasteiger partial charge >= 0.3 is 0 Å². The standard InChI is InChI=1S/C20H11F3N4/c21-11-6-12-14(9-26-19(12)15(22)7-11)18-13(8-24)16(17(23)20(25)27-18)10-4-2-1-3-5-10/h1-7,9,26H,(H2,25,27). The molecule has 2 aromatic heterocycles. The number of aromatic amines is 1. The van der Waals surface area contributed by atoms with Crippen LogP contribution in [0.1, 0.15) is 5.56 Å². The van der Waals surface area contributed by atoms with E-state index in [0.29, 0.717) is 5.56 Å². The van der Waals surface area contributed by atoms with Crippen LogP contribution < -0.4 is 5.73 Å². The zero-order valence-corrected chi connectivity index (χ0v) is 13.7. The number of hydrogen-bond acceptors (Lipinski definition) is 3. The van der Waals surface area contributed by atoms with E-state index in [1.54, 1.807) is 30.3 Å². The second-order valence-corrected chi connectivity index (χ2v) is 5.90. The first-order valence-electron chi connectivity index (χ1n) is 7.92. The Labute approximate surface area is 151 Å². The van der Waals surface area contributed by atoms with Crippen molar-refractivity contribution in [3.8, 4) is 28.5 Å². The van der Waals surface area contributed by atoms with E-state index in [1.165, 1.54) is 6.20 Å². The number of aromatic nitrogens is 2. The van der Waals surface area contributed by atoms with Crippen LogP contribution in [0.15, 0.2) is 48.7 Å². The lowest BCUT2D eigenvalue weighted by atomic mass is 9.95. The lowest BCUT2D eigenvalue weighted by Gasteiger charge is -2.12. The first-order valence-corrected chi connectivity index (χ1v) is 7.92. The van der Waals surface area contributed by atoms with Crippen molar-refractivity contribution in [2.75, 3.05) is 5.73 Å². The van der Waals surface area contributed by atoms with E-state index >= 15 is 0 Å². The van der Waals surface area contributed by atoms with Gasteiger partial charge in [-0.25, -0.2) is 18.2 Å². The summed E-state index contributed by atoms with van der Waals surface area (Å²) in [5, 5.41) is 9.88. The van der Waals surface area contributed by atoms with E-state index in [4.69, 9.17) is 5.73 Å². The van der Waals surface area contributed by atoms with Crippen molar-refractivity contribution < 1.29 is 13.2 Å². The fourth-order valence-corrected chi connectivity index (χ4v) is 3.11. The number of nitrogens with one attached hydrogen (secondary N) is 1. The number of benzene rings is 2. The van der Waals surface area contributed by atoms with Crippen LogP contribution in [0.3, 0.4) is 0 Å². The number of hydrogen-bond donors (Lipinski definition) is 2. The molecule has 27 heavy (non-hydrogen) atoms. The van der Waals surface area contributed by atoms with Crippen LogP contribution in [0, 0.1) is 28.8 Å². The van der Waals surface area contributed by atoms with Crippen molar-refractivity contribution in [2.45, 2.75) is 0 Å². The lowest BCUT2D eigenvalue weighted by molar-refractivity contribution is 0.591. The Morgan fingerprint density at radius 2 is 1.81 bits per heavy atom. The molecule has 0 bridgehead atoms. The van der Waals surface area contributed by atoms with Crippen LogP contribution in [0.4, 0.5) is 19.0 Å². The summed E-state index contributed by atoms with van der Waals surface area (Å²) in [5.74, 6) is -2.79. The molecule has 4 rings (SSSR count). The van der Waals surface area contributed by atoms with Crippen molar-refractivity contribution in [1.82, 2.24) is 9.97 Å². The molecule has 2 heterocycles. The molecule has 0 spiro atoms. The minimum atomic E-state index is -0.821. The summed E-state index contributed by atoms with van der Waals surface area (Å²) >= 11 is 0. The Balaban J connectivity index is 2.09. The molecule has 4 nitrogen and oxygen atoms in total. The Morgan fingerprint density at radius 3 is 2.52 bits per heavy atom. The van der Waals surface area contributed by atoms with Gasteiger partial charge in [0.05, 0.1) is 16.8 Å². The van der Waals surface area contributed by atoms with E-state index in [-0.39, 0.29) is 33.3 Å². The molecule has 2 aromatic carbocycles. The first-order chi connectivity index (χ1) is 13.0. The third kappa shape index (κ3) is 2.59. The number of nitrogens with zero attached hydrogens (tertiary/aromatic N) is 2. The smallest absolute Gasteiger partial charge is 0.174 e. The first kappa shape index (κ1) is 16.7. The van der Waals surface area contributed by atoms with Gasteiger partial charge in [0.25, 0.3) is 0 Å². The van der Waals surface area contributed by atoms with Gasteiger partial charge < -0.3 is 10.7 Å². The molecule has 0 radical (unpaired) electrons. The number of pyridine rings is 1. The molecule has 3 N–H and O–H groups in total. The average Bonchev–Trinajstić information content (AvgIpc) is 3.08. The highest BCUT2D eigenvalue weighted by molar-refractivity contribution is 5.98. The van der Waals surface area contributed by atoms with Crippen LogP contribution in [-0.4, -0.2) is 9.97 Å². The summed E-state index contributed by atoms with van der Waals surface area (Å²) in [7, 11) is 0. The summed E-state index contributed by atoms with van der Waals surface area (Å²) in [6.07, 6.45) is 1.39. The fourth-order valence-electron chi connectivity index (χ4n) is 3.11. The Kier molecular flexibility index (Phi) is 3.81. The number of fused-ring (bicyclic) bond motifs is 1. The molecule has 4 aromatic rings. The number of halogens is 3. The second-order valence-electron chi connectivity index (χ2n) is 5.90. The van der Waals surface area contributed by atoms with Crippen molar-refractivity contribution in [1.29, 1.82) is 5.26 Å². The van der Waals surface area contributed by atoms with Crippen LogP contribution in [0.2, 0.25) is 0 Å². The summed E-state index contributed by atoms with van der Waals surface area (Å²) in [5.41, 5.74) is 6.46. The van der Waals surface area contributed by atoms with Crippen molar-refractivity contribution in [3.05, 3.63) is 71.7 Å². The maximum Gasteiger partial charge on any atom is 0.174 e. The summed E-state index contributed by atoms with van der Waals surface area (Å²) in [4.78, 5) is 6.70. The van der Waals surface area contributed by atoms with Gasteiger partial charge in [-0.1, -0.05) is 30.3 Å². The molecule has 0 aliphatic carbocycles. The third-order valence-electron chi connectivity index (χ3n) is 4.30. The van der Waals surface area contributed by atoms with Gasteiger partial charge in [-0.3, -0.25) is 0 Å². The molecular formula is C20H11F3N4. The van der Waals surface area contributed by atoms with Gasteiger partial charge in [0.1, 0.15) is 17.7 Å². The number of nitrogen functional groups attached to an aromatic ring is 1. The highest BCUT2D eigenvalue weighted by Gasteiger charge is 2.23. The number of rotatable bonds is 2. The molecule has 132 valence electrons. The quantitative estimate of drug-likeness (QED) is 0.538. The van der Waals surface area contributed by atoms with Crippen LogP contribution in [0.5, 0.6) is 0 Å². The molecular weight excluding hydrogens is 353 g/mol. The lowest BCUT2D eigenvalue weighted by Crippen LogP contribution is -2.03. The van der Waals surface area contributed by atoms with Gasteiger partial charge in [0.2, 0.25) is 0 Å². The predicted octanol–water partition coefficient (Wildman–Crippen LogP) is 4.77. The molecule has 7 heteroatoms. The largest absolute Gasteiger partial charge is 0.381 e. The monoisotopic (exact) mass is 364 g/mol. The number of nitrogens with two attached hydrogens (primary N) is 1.